The molecule has 0 atom stereocenters. The van der Waals surface area contributed by atoms with Crippen LogP contribution in [0.2, 0.25) is 0 Å². The van der Waals surface area contributed by atoms with Crippen molar-refractivity contribution in [2.24, 2.45) is 0 Å². The van der Waals surface area contributed by atoms with Gasteiger partial charge in [0.15, 0.2) is 5.57 Å². The molecule has 124 valence electrons. The summed E-state index contributed by atoms with van der Waals surface area (Å²) in [7, 11) is 0. The first-order valence-corrected chi connectivity index (χ1v) is 7.49. The Balaban J connectivity index is 2.22. The molecule has 7 heteroatoms. The molecule has 1 aliphatic heterocycles. The molecular formula is C16H20FN3O3. The van der Waals surface area contributed by atoms with Crippen molar-refractivity contribution in [1.82, 2.24) is 4.90 Å². The van der Waals surface area contributed by atoms with Crippen LogP contribution in [0.15, 0.2) is 35.8 Å². The summed E-state index contributed by atoms with van der Waals surface area (Å²) in [5.41, 5.74) is 0.144. The van der Waals surface area contributed by atoms with E-state index in [4.69, 9.17) is 10.1 Å². The molecule has 1 aliphatic rings. The maximum atomic E-state index is 12.9. The van der Waals surface area contributed by atoms with Gasteiger partial charge in [-0.2, -0.15) is 0 Å². The molecule has 1 fully saturated rings. The van der Waals surface area contributed by atoms with Crippen LogP contribution in [0.4, 0.5) is 10.1 Å². The number of aliphatic hydroxyl groups is 1. The van der Waals surface area contributed by atoms with Gasteiger partial charge in [-0.05, 0) is 44.0 Å². The predicted molar refractivity (Wildman–Crippen MR) is 84.8 cm³/mol. The van der Waals surface area contributed by atoms with Gasteiger partial charge in [0.1, 0.15) is 11.7 Å². The highest BCUT2D eigenvalue weighted by Gasteiger charge is 2.27. The summed E-state index contributed by atoms with van der Waals surface area (Å²) in [4.78, 5) is 14.2. The normalized spacial score (nSPS) is 15.1. The standard InChI is InChI=1S/C16H20FN3O3/c1-2-23-16(22)13(14(18)20-9-3-4-10-20)15(21)19-12-7-5-11(17)6-8-12/h5-8,18,22H,2-4,9-10H2,1H3,(H,19,21). The van der Waals surface area contributed by atoms with Crippen LogP contribution in [0.1, 0.15) is 19.8 Å². The van der Waals surface area contributed by atoms with Gasteiger partial charge >= 0.3 is 0 Å². The van der Waals surface area contributed by atoms with E-state index in [2.05, 4.69) is 5.32 Å². The fourth-order valence-electron chi connectivity index (χ4n) is 2.34. The summed E-state index contributed by atoms with van der Waals surface area (Å²) in [6.07, 6.45) is 1.87. The maximum Gasteiger partial charge on any atom is 0.293 e. The summed E-state index contributed by atoms with van der Waals surface area (Å²) < 4.78 is 17.9. The van der Waals surface area contributed by atoms with E-state index in [0.717, 1.165) is 12.8 Å². The van der Waals surface area contributed by atoms with Crippen LogP contribution in [0, 0.1) is 11.2 Å². The molecule has 0 saturated carbocycles. The number of aliphatic hydroxyl groups excluding tert-OH is 1. The number of nitrogens with zero attached hydrogens (tertiary/aromatic N) is 1. The van der Waals surface area contributed by atoms with E-state index < -0.39 is 17.7 Å². The molecule has 1 aromatic rings. The molecule has 3 N–H and O–H groups in total. The van der Waals surface area contributed by atoms with Gasteiger partial charge in [-0.15, -0.1) is 0 Å². The lowest BCUT2D eigenvalue weighted by atomic mass is 10.2. The van der Waals surface area contributed by atoms with Crippen LogP contribution >= 0.6 is 0 Å². The van der Waals surface area contributed by atoms with Gasteiger partial charge in [-0.1, -0.05) is 0 Å². The number of benzene rings is 1. The van der Waals surface area contributed by atoms with E-state index in [1.165, 1.54) is 24.3 Å². The lowest BCUT2D eigenvalue weighted by Gasteiger charge is -2.21. The number of nitrogens with one attached hydrogen (secondary N) is 2. The molecule has 2 rings (SSSR count). The smallest absolute Gasteiger partial charge is 0.293 e. The van der Waals surface area contributed by atoms with Crippen molar-refractivity contribution in [3.8, 4) is 0 Å². The summed E-state index contributed by atoms with van der Waals surface area (Å²) in [6, 6.07) is 5.24. The molecule has 0 unspecified atom stereocenters. The predicted octanol–water partition coefficient (Wildman–Crippen LogP) is 2.64. The van der Waals surface area contributed by atoms with Gasteiger partial charge in [-0.3, -0.25) is 10.2 Å². The largest absolute Gasteiger partial charge is 0.480 e. The van der Waals surface area contributed by atoms with Crippen molar-refractivity contribution in [2.75, 3.05) is 25.0 Å². The number of hydrogen-bond donors (Lipinski definition) is 3. The Hall–Kier alpha value is -2.57. The van der Waals surface area contributed by atoms with Crippen molar-refractivity contribution in [3.63, 3.8) is 0 Å². The Kier molecular flexibility index (Phi) is 5.56. The number of amidine groups is 1. The highest BCUT2D eigenvalue weighted by molar-refractivity contribution is 6.23. The second-order valence-corrected chi connectivity index (χ2v) is 5.12. The Labute approximate surface area is 134 Å². The van der Waals surface area contributed by atoms with Crippen molar-refractivity contribution in [3.05, 3.63) is 41.6 Å². The molecule has 0 bridgehead atoms. The van der Waals surface area contributed by atoms with Gasteiger partial charge in [-0.25, -0.2) is 4.39 Å². The van der Waals surface area contributed by atoms with Crippen LogP contribution in [0.5, 0.6) is 0 Å². The molecule has 0 aromatic heterocycles. The lowest BCUT2D eigenvalue weighted by molar-refractivity contribution is -0.113. The summed E-state index contributed by atoms with van der Waals surface area (Å²) in [5, 5.41) is 20.7. The van der Waals surface area contributed by atoms with E-state index >= 15 is 0 Å². The van der Waals surface area contributed by atoms with E-state index in [1.807, 2.05) is 0 Å². The van der Waals surface area contributed by atoms with Crippen LogP contribution in [-0.2, 0) is 9.53 Å². The first kappa shape index (κ1) is 16.8. The van der Waals surface area contributed by atoms with Gasteiger partial charge in [0.25, 0.3) is 11.9 Å². The van der Waals surface area contributed by atoms with Crippen LogP contribution in [-0.4, -0.2) is 41.4 Å². The third kappa shape index (κ3) is 4.21. The van der Waals surface area contributed by atoms with Crippen molar-refractivity contribution in [2.45, 2.75) is 19.8 Å². The molecule has 1 heterocycles. The zero-order chi connectivity index (χ0) is 16.8. The Morgan fingerprint density at radius 1 is 1.35 bits per heavy atom. The number of likely N-dealkylation sites (tertiary alicyclic amines) is 1. The average molecular weight is 321 g/mol. The second-order valence-electron chi connectivity index (χ2n) is 5.12. The highest BCUT2D eigenvalue weighted by atomic mass is 19.1. The Morgan fingerprint density at radius 3 is 2.52 bits per heavy atom. The quantitative estimate of drug-likeness (QED) is 0.337. The minimum absolute atomic E-state index is 0.0759. The molecule has 6 nitrogen and oxygen atoms in total. The third-order valence-corrected chi connectivity index (χ3v) is 3.48. The topological polar surface area (TPSA) is 85.7 Å². The molecule has 0 radical (unpaired) electrons. The number of ether oxygens (including phenoxy) is 1. The van der Waals surface area contributed by atoms with E-state index in [0.29, 0.717) is 18.8 Å². The molecule has 1 amide bonds. The number of carbonyl (C=O) groups is 1. The first-order valence-electron chi connectivity index (χ1n) is 7.49. The first-order chi connectivity index (χ1) is 11.0. The van der Waals surface area contributed by atoms with E-state index in [9.17, 15) is 14.3 Å². The number of carbonyl (C=O) groups excluding carboxylic acids is 1. The van der Waals surface area contributed by atoms with Gasteiger partial charge in [0, 0.05) is 18.8 Å². The number of anilines is 1. The number of amides is 1. The van der Waals surface area contributed by atoms with Gasteiger partial charge < -0.3 is 20.1 Å². The van der Waals surface area contributed by atoms with E-state index in [1.54, 1.807) is 11.8 Å². The van der Waals surface area contributed by atoms with Crippen LogP contribution < -0.4 is 5.32 Å². The van der Waals surface area contributed by atoms with E-state index in [-0.39, 0.29) is 18.0 Å². The monoisotopic (exact) mass is 321 g/mol. The van der Waals surface area contributed by atoms with Gasteiger partial charge in [0.05, 0.1) is 6.61 Å². The average Bonchev–Trinajstić information content (AvgIpc) is 3.04. The third-order valence-electron chi connectivity index (χ3n) is 3.48. The number of rotatable bonds is 5. The fourth-order valence-corrected chi connectivity index (χ4v) is 2.34. The second kappa shape index (κ2) is 7.62. The fraction of sp³-hybridized carbons (Fsp3) is 0.375. The van der Waals surface area contributed by atoms with Crippen molar-refractivity contribution in [1.29, 1.82) is 5.41 Å². The number of halogens is 1. The zero-order valence-corrected chi connectivity index (χ0v) is 12.9. The SMILES string of the molecule is CCOC(O)=C(C(=N)N1CCCC1)C(=O)Nc1ccc(F)cc1. The Morgan fingerprint density at radius 2 is 1.96 bits per heavy atom. The number of hydrogen-bond acceptors (Lipinski definition) is 4. The molecule has 0 aliphatic carbocycles. The molecular weight excluding hydrogens is 301 g/mol. The zero-order valence-electron chi connectivity index (χ0n) is 12.9. The Bertz CT molecular complexity index is 608. The minimum Gasteiger partial charge on any atom is -0.480 e. The van der Waals surface area contributed by atoms with Crippen molar-refractivity contribution < 1.29 is 19.0 Å². The molecule has 23 heavy (non-hydrogen) atoms. The summed E-state index contributed by atoms with van der Waals surface area (Å²) >= 11 is 0. The molecule has 1 aromatic carbocycles. The highest BCUT2D eigenvalue weighted by Crippen LogP contribution is 2.17. The summed E-state index contributed by atoms with van der Waals surface area (Å²) in [5.74, 6) is -1.74. The van der Waals surface area contributed by atoms with Gasteiger partial charge in [0.2, 0.25) is 0 Å². The molecule has 1 saturated heterocycles. The van der Waals surface area contributed by atoms with Crippen molar-refractivity contribution >= 4 is 17.4 Å². The lowest BCUT2D eigenvalue weighted by Crippen LogP contribution is -2.34. The maximum absolute atomic E-state index is 12.9. The minimum atomic E-state index is -0.667. The summed E-state index contributed by atoms with van der Waals surface area (Å²) in [6.45, 7) is 3.16. The molecule has 0 spiro atoms. The van der Waals surface area contributed by atoms with Crippen LogP contribution in [0.3, 0.4) is 0 Å². The van der Waals surface area contributed by atoms with Crippen LogP contribution in [0.25, 0.3) is 0 Å².